The van der Waals surface area contributed by atoms with Crippen LogP contribution in [0.4, 0.5) is 5.69 Å². The van der Waals surface area contributed by atoms with Crippen LogP contribution < -0.4 is 9.70 Å². The molecule has 1 aromatic heterocycles. The minimum absolute atomic E-state index is 0.129. The van der Waals surface area contributed by atoms with Crippen LogP contribution in [-0.4, -0.2) is 48.4 Å². The number of carbonyl (C=O) groups is 5. The number of esters is 2. The van der Waals surface area contributed by atoms with E-state index >= 15 is 0 Å². The quantitative estimate of drug-likeness (QED) is 0.403. The van der Waals surface area contributed by atoms with Gasteiger partial charge in [0.05, 0.1) is 35.7 Å². The average molecular weight is 481 g/mol. The fourth-order valence-electron chi connectivity index (χ4n) is 3.54. The minimum atomic E-state index is -0.626. The first-order valence-electron chi connectivity index (χ1n) is 10.2. The topological polar surface area (TPSA) is 124 Å². The Bertz CT molecular complexity index is 1400. The highest BCUT2D eigenvalue weighted by molar-refractivity contribution is 7.16. The SMILES string of the molecule is COC(=O)Cn1c(=NC(=O)c2cccc(N3C(=O)CCC3=O)c2)sc2cc(C(=O)OC)ccc21. The highest BCUT2D eigenvalue weighted by atomic mass is 32.1. The first-order valence-corrected chi connectivity index (χ1v) is 11.0. The Morgan fingerprint density at radius 1 is 0.971 bits per heavy atom. The lowest BCUT2D eigenvalue weighted by Crippen LogP contribution is -2.28. The molecule has 2 aromatic carbocycles. The number of amides is 3. The summed E-state index contributed by atoms with van der Waals surface area (Å²) in [4.78, 5) is 66.4. The van der Waals surface area contributed by atoms with Gasteiger partial charge >= 0.3 is 11.9 Å². The molecule has 0 radical (unpaired) electrons. The summed E-state index contributed by atoms with van der Waals surface area (Å²) in [6.07, 6.45) is 0.258. The van der Waals surface area contributed by atoms with Crippen LogP contribution in [0.3, 0.4) is 0 Å². The molecule has 3 aromatic rings. The van der Waals surface area contributed by atoms with Gasteiger partial charge < -0.3 is 14.0 Å². The zero-order valence-corrected chi connectivity index (χ0v) is 19.1. The normalized spacial score (nSPS) is 14.1. The molecular formula is C23H19N3O7S. The number of thiazole rings is 1. The van der Waals surface area contributed by atoms with Crippen molar-refractivity contribution in [1.82, 2.24) is 4.57 Å². The number of hydrogen-bond acceptors (Lipinski definition) is 8. The number of anilines is 1. The van der Waals surface area contributed by atoms with Crippen LogP contribution in [0.1, 0.15) is 33.6 Å². The first kappa shape index (κ1) is 23.1. The molecule has 4 rings (SSSR count). The van der Waals surface area contributed by atoms with Gasteiger partial charge in [-0.25, -0.2) is 4.79 Å². The van der Waals surface area contributed by atoms with Crippen molar-refractivity contribution in [3.8, 4) is 0 Å². The highest BCUT2D eigenvalue weighted by Gasteiger charge is 2.30. The number of aromatic nitrogens is 1. The lowest BCUT2D eigenvalue weighted by atomic mass is 10.2. The Morgan fingerprint density at radius 3 is 2.38 bits per heavy atom. The molecular weight excluding hydrogens is 462 g/mol. The zero-order valence-electron chi connectivity index (χ0n) is 18.3. The van der Waals surface area contributed by atoms with E-state index in [9.17, 15) is 24.0 Å². The molecule has 11 heteroatoms. The monoisotopic (exact) mass is 481 g/mol. The van der Waals surface area contributed by atoms with Crippen molar-refractivity contribution in [3.63, 3.8) is 0 Å². The van der Waals surface area contributed by atoms with Crippen molar-refractivity contribution in [3.05, 3.63) is 58.4 Å². The fraction of sp³-hybridized carbons (Fsp3) is 0.217. The molecule has 0 unspecified atom stereocenters. The van der Waals surface area contributed by atoms with Crippen LogP contribution in [0.15, 0.2) is 47.5 Å². The maximum atomic E-state index is 13.0. The third kappa shape index (κ3) is 4.37. The van der Waals surface area contributed by atoms with E-state index in [1.54, 1.807) is 30.3 Å². The average Bonchev–Trinajstić information content (AvgIpc) is 3.36. The molecule has 1 fully saturated rings. The van der Waals surface area contributed by atoms with Crippen molar-refractivity contribution in [2.75, 3.05) is 19.1 Å². The van der Waals surface area contributed by atoms with Gasteiger partial charge in [0.15, 0.2) is 4.80 Å². The van der Waals surface area contributed by atoms with Crippen LogP contribution >= 0.6 is 11.3 Å². The van der Waals surface area contributed by atoms with E-state index in [2.05, 4.69) is 4.99 Å². The van der Waals surface area contributed by atoms with Gasteiger partial charge in [-0.2, -0.15) is 4.99 Å². The van der Waals surface area contributed by atoms with Gasteiger partial charge in [0, 0.05) is 18.4 Å². The van der Waals surface area contributed by atoms with Gasteiger partial charge in [-0.15, -0.1) is 0 Å². The standard InChI is InChI=1S/C23H19N3O7S/c1-32-20(29)12-25-16-7-6-14(22(31)33-2)11-17(16)34-23(25)24-21(30)13-4-3-5-15(10-13)26-18(27)8-9-19(26)28/h3-7,10-11H,8-9,12H2,1-2H3. The Hall–Kier alpha value is -4.12. The summed E-state index contributed by atoms with van der Waals surface area (Å²) in [7, 11) is 2.52. The van der Waals surface area contributed by atoms with E-state index in [4.69, 9.17) is 9.47 Å². The van der Waals surface area contributed by atoms with E-state index in [0.717, 1.165) is 16.2 Å². The van der Waals surface area contributed by atoms with Crippen molar-refractivity contribution in [2.45, 2.75) is 19.4 Å². The molecule has 0 saturated carbocycles. The number of imide groups is 1. The molecule has 0 N–H and O–H groups in total. The first-order chi connectivity index (χ1) is 16.3. The molecule has 0 aliphatic carbocycles. The number of fused-ring (bicyclic) bond motifs is 1. The molecule has 0 bridgehead atoms. The fourth-order valence-corrected chi connectivity index (χ4v) is 4.61. The van der Waals surface area contributed by atoms with E-state index in [-0.39, 0.29) is 41.6 Å². The maximum absolute atomic E-state index is 13.0. The van der Waals surface area contributed by atoms with Crippen LogP contribution in [0.25, 0.3) is 10.2 Å². The molecule has 1 saturated heterocycles. The second kappa shape index (κ2) is 9.40. The van der Waals surface area contributed by atoms with E-state index in [0.29, 0.717) is 21.5 Å². The lowest BCUT2D eigenvalue weighted by molar-refractivity contribution is -0.141. The number of carbonyl (C=O) groups excluding carboxylic acids is 5. The van der Waals surface area contributed by atoms with Crippen molar-refractivity contribution >= 4 is 56.9 Å². The van der Waals surface area contributed by atoms with Crippen molar-refractivity contribution in [2.24, 2.45) is 4.99 Å². The third-order valence-electron chi connectivity index (χ3n) is 5.22. The Kier molecular flexibility index (Phi) is 6.37. The lowest BCUT2D eigenvalue weighted by Gasteiger charge is -2.14. The zero-order chi connectivity index (χ0) is 24.4. The van der Waals surface area contributed by atoms with E-state index in [1.807, 2.05) is 0 Å². The summed E-state index contributed by atoms with van der Waals surface area (Å²) in [6.45, 7) is -0.197. The summed E-state index contributed by atoms with van der Waals surface area (Å²) in [6, 6.07) is 10.9. The number of ether oxygens (including phenoxy) is 2. The van der Waals surface area contributed by atoms with Crippen molar-refractivity contribution in [1.29, 1.82) is 0 Å². The van der Waals surface area contributed by atoms with Gasteiger partial charge in [-0.1, -0.05) is 17.4 Å². The van der Waals surface area contributed by atoms with Crippen LogP contribution in [0, 0.1) is 0 Å². The predicted molar refractivity (Wildman–Crippen MR) is 121 cm³/mol. The van der Waals surface area contributed by atoms with Gasteiger partial charge in [0.2, 0.25) is 11.8 Å². The number of hydrogen-bond donors (Lipinski definition) is 0. The summed E-state index contributed by atoms with van der Waals surface area (Å²) in [5.74, 6) is -2.34. The Morgan fingerprint density at radius 2 is 1.71 bits per heavy atom. The number of methoxy groups -OCH3 is 2. The molecule has 1 aliphatic heterocycles. The second-order valence-corrected chi connectivity index (χ2v) is 8.32. The summed E-state index contributed by atoms with van der Waals surface area (Å²) < 4.78 is 11.6. The molecule has 174 valence electrons. The van der Waals surface area contributed by atoms with E-state index in [1.165, 1.54) is 30.9 Å². The number of rotatable bonds is 5. The number of benzene rings is 2. The summed E-state index contributed by atoms with van der Waals surface area (Å²) in [5.41, 5.74) is 1.36. The molecule has 10 nitrogen and oxygen atoms in total. The van der Waals surface area contributed by atoms with Gasteiger partial charge in [0.1, 0.15) is 6.54 Å². The minimum Gasteiger partial charge on any atom is -0.468 e. The van der Waals surface area contributed by atoms with Crippen molar-refractivity contribution < 1.29 is 33.4 Å². The smallest absolute Gasteiger partial charge is 0.337 e. The highest BCUT2D eigenvalue weighted by Crippen LogP contribution is 2.24. The van der Waals surface area contributed by atoms with Crippen LogP contribution in [0.5, 0.6) is 0 Å². The van der Waals surface area contributed by atoms with E-state index < -0.39 is 17.8 Å². The molecule has 0 spiro atoms. The molecule has 3 amide bonds. The second-order valence-electron chi connectivity index (χ2n) is 7.31. The Labute approximate surface area is 197 Å². The van der Waals surface area contributed by atoms with Crippen LogP contribution in [0.2, 0.25) is 0 Å². The summed E-state index contributed by atoms with van der Waals surface area (Å²) >= 11 is 1.11. The number of nitrogens with zero attached hydrogens (tertiary/aromatic N) is 3. The Balaban J connectivity index is 1.78. The molecule has 1 aliphatic rings. The van der Waals surface area contributed by atoms with Gasteiger partial charge in [-0.3, -0.25) is 24.1 Å². The predicted octanol–water partition coefficient (Wildman–Crippen LogP) is 2.06. The van der Waals surface area contributed by atoms with Gasteiger partial charge in [-0.05, 0) is 36.4 Å². The molecule has 0 atom stereocenters. The largest absolute Gasteiger partial charge is 0.468 e. The third-order valence-corrected chi connectivity index (χ3v) is 6.26. The van der Waals surface area contributed by atoms with Gasteiger partial charge in [0.25, 0.3) is 5.91 Å². The summed E-state index contributed by atoms with van der Waals surface area (Å²) in [5, 5.41) is 0. The molecule has 2 heterocycles. The molecule has 34 heavy (non-hydrogen) atoms. The maximum Gasteiger partial charge on any atom is 0.337 e. The van der Waals surface area contributed by atoms with Crippen LogP contribution in [-0.2, 0) is 30.4 Å².